The summed E-state index contributed by atoms with van der Waals surface area (Å²) in [5.41, 5.74) is 33.0. The van der Waals surface area contributed by atoms with Crippen LogP contribution in [0.1, 0.15) is 248 Å². The summed E-state index contributed by atoms with van der Waals surface area (Å²) < 4.78 is 10.1. The van der Waals surface area contributed by atoms with Gasteiger partial charge >= 0.3 is 11.9 Å². The number of hydrogen-bond acceptors (Lipinski definition) is 12. The number of allylic oxidation sites excluding steroid dienone is 8. The molecule has 4 aliphatic heterocycles. The molecule has 0 saturated heterocycles. The number of nitrogens with one attached hydrogen (secondary N) is 6. The predicted molar refractivity (Wildman–Crippen MR) is 417 cm³/mol. The van der Waals surface area contributed by atoms with Gasteiger partial charge in [-0.3, -0.25) is 19.2 Å². The molecule has 16 nitrogen and oxygen atoms in total. The maximum absolute atomic E-state index is 13.5. The second-order valence-corrected chi connectivity index (χ2v) is 29.8. The van der Waals surface area contributed by atoms with Gasteiger partial charge < -0.3 is 40.0 Å². The molecule has 0 radical (unpaired) electrons. The Bertz CT molecular complexity index is 4610. The molecule has 6 N–H and O–H groups in total. The minimum absolute atomic E-state index is 0.0343. The van der Waals surface area contributed by atoms with Crippen molar-refractivity contribution in [3.05, 3.63) is 139 Å². The first kappa shape index (κ1) is 74.5. The number of aromatic nitrogens is 8. The van der Waals surface area contributed by atoms with Gasteiger partial charge in [0.25, 0.3) is 0 Å². The largest absolute Gasteiger partial charge is 0.469 e. The van der Waals surface area contributed by atoms with Crippen LogP contribution in [-0.4, -0.2) is 102 Å². The molecule has 2 amide bonds. The Labute approximate surface area is 598 Å². The van der Waals surface area contributed by atoms with Crippen LogP contribution in [0.4, 0.5) is 0 Å². The number of unbranched alkanes of at least 4 members (excludes halogenated alkanes) is 6. The quantitative estimate of drug-likeness (QED) is 0.0136. The van der Waals surface area contributed by atoms with Crippen LogP contribution in [-0.2, 0) is 54.3 Å². The first-order valence-corrected chi connectivity index (χ1v) is 39.0. The Morgan fingerprint density at radius 2 is 0.660 bits per heavy atom. The third-order valence-electron chi connectivity index (χ3n) is 20.9. The molecule has 0 aliphatic carbocycles. The Hall–Kier alpha value is -8.22. The minimum atomic E-state index is -0.268. The van der Waals surface area contributed by atoms with E-state index in [2.05, 4.69) is 162 Å². The molecule has 0 saturated carbocycles. The number of aryl methyl sites for hydroxylation is 8. The third-order valence-corrected chi connectivity index (χ3v) is 23.4. The van der Waals surface area contributed by atoms with E-state index >= 15 is 0 Å². The molecule has 16 bridgehead atoms. The lowest BCUT2D eigenvalue weighted by molar-refractivity contribution is -0.141. The summed E-state index contributed by atoms with van der Waals surface area (Å²) in [4.78, 5) is 88.0. The number of carbonyl (C=O) groups is 4. The van der Waals surface area contributed by atoms with Crippen molar-refractivity contribution in [2.75, 3.05) is 38.8 Å². The molecule has 0 unspecified atom stereocenters. The van der Waals surface area contributed by atoms with E-state index in [4.69, 9.17) is 29.4 Å². The number of H-pyrrole nitrogens is 4. The molecule has 18 heteroatoms. The molecule has 6 aromatic rings. The summed E-state index contributed by atoms with van der Waals surface area (Å²) in [6, 6.07) is 17.2. The van der Waals surface area contributed by atoms with Gasteiger partial charge in [0.15, 0.2) is 0 Å². The second kappa shape index (κ2) is 34.4. The maximum atomic E-state index is 13.5. The molecule has 530 valence electrons. The molecule has 10 rings (SSSR count). The first-order chi connectivity index (χ1) is 48.3. The highest BCUT2D eigenvalue weighted by atomic mass is 33.1. The SMILES string of the molecule is CCC1=C(C)c2cc3[nH]c(cc4[nH]c(cc5nc(cc1n2)C(C)=C5CC)c(C)c4CCC(=O)NCCCCCCSSCCCCCCNC(=O)CCC1=C(C)c2cc4[nH]c(cc5[nH]c(cc6nc(cc1n2)C(CCC(=O)OC)=C6C)c(C)c5CC)c(C)c4CC)c(CCC(=O)OC)c3C. The van der Waals surface area contributed by atoms with Crippen LogP contribution in [0.5, 0.6) is 0 Å². The van der Waals surface area contributed by atoms with Crippen LogP contribution in [0.15, 0.2) is 48.5 Å². The van der Waals surface area contributed by atoms with Crippen LogP contribution in [0.2, 0.25) is 0 Å². The summed E-state index contributed by atoms with van der Waals surface area (Å²) in [5, 5.41) is 6.42. The van der Waals surface area contributed by atoms with Crippen molar-refractivity contribution in [1.29, 1.82) is 0 Å². The fraction of sp³-hybridized carbons (Fsp3) is 0.463. The van der Waals surface area contributed by atoms with Crippen LogP contribution in [0, 0.1) is 27.7 Å². The molecule has 0 spiro atoms. The number of ether oxygens (including phenoxy) is 2. The van der Waals surface area contributed by atoms with Gasteiger partial charge in [0, 0.05) is 94.4 Å². The van der Waals surface area contributed by atoms with Crippen molar-refractivity contribution >= 4 is 134 Å². The standard InChI is InChI=1S/C82H104N10O6S2/c1-15-55-47(5)63-39-65-53(11)61(29-33-81(95)97-13)77(89-65)45-75-59(51(9)69(91-75)43-73-57(17-3)49(7)67(87-73)41-71(55)85-63)27-31-79(93)83-35-23-19-21-25-37-99-100-38-26-22-20-24-36-84-80(94)32-28-60-52(10)70-44-74-58(18-4)50(8)68(88-74)42-72-56(16-2)48(6)64(86-72)40-66-54(12)62(30-34-82(96)98-14)78(90-66)46-76(60)92-70/h39-46,85,87,90,92H,15-38H2,1-14H3,(H,83,93)(H,84,94). The second-order valence-electron chi connectivity index (χ2n) is 27.1. The third kappa shape index (κ3) is 17.2. The van der Waals surface area contributed by atoms with Crippen LogP contribution in [0.3, 0.4) is 0 Å². The molecular weight excluding hydrogens is 1290 g/mol. The number of rotatable bonds is 31. The Morgan fingerprint density at radius 1 is 0.350 bits per heavy atom. The smallest absolute Gasteiger partial charge is 0.305 e. The van der Waals surface area contributed by atoms with Gasteiger partial charge in [-0.2, -0.15) is 0 Å². The van der Waals surface area contributed by atoms with Crippen LogP contribution >= 0.6 is 21.6 Å². The van der Waals surface area contributed by atoms with Crippen molar-refractivity contribution in [3.8, 4) is 0 Å². The summed E-state index contributed by atoms with van der Waals surface area (Å²) in [7, 11) is 6.77. The number of esters is 2. The van der Waals surface area contributed by atoms with Gasteiger partial charge in [0.1, 0.15) is 0 Å². The number of fused-ring (bicyclic) bond motifs is 16. The van der Waals surface area contributed by atoms with Gasteiger partial charge in [-0.25, -0.2) is 19.9 Å². The van der Waals surface area contributed by atoms with Crippen molar-refractivity contribution in [2.45, 2.75) is 212 Å². The van der Waals surface area contributed by atoms with Gasteiger partial charge in [-0.15, -0.1) is 0 Å². The van der Waals surface area contributed by atoms with Crippen molar-refractivity contribution in [2.24, 2.45) is 0 Å². The number of aromatic amines is 4. The molecule has 0 atom stereocenters. The van der Waals surface area contributed by atoms with E-state index in [1.807, 2.05) is 21.6 Å². The van der Waals surface area contributed by atoms with E-state index in [0.29, 0.717) is 51.6 Å². The summed E-state index contributed by atoms with van der Waals surface area (Å²) >= 11 is 0. The lowest BCUT2D eigenvalue weighted by Crippen LogP contribution is -2.24. The van der Waals surface area contributed by atoms with Crippen molar-refractivity contribution in [3.63, 3.8) is 0 Å². The van der Waals surface area contributed by atoms with Gasteiger partial charge in [0.05, 0.1) is 59.8 Å². The molecule has 0 fully saturated rings. The lowest BCUT2D eigenvalue weighted by Gasteiger charge is -2.08. The Morgan fingerprint density at radius 3 is 1.11 bits per heavy atom. The first-order valence-electron chi connectivity index (χ1n) is 36.5. The van der Waals surface area contributed by atoms with Gasteiger partial charge in [0.2, 0.25) is 11.8 Å². The average molecular weight is 1390 g/mol. The zero-order valence-corrected chi connectivity index (χ0v) is 63.3. The highest BCUT2D eigenvalue weighted by molar-refractivity contribution is 8.76. The highest BCUT2D eigenvalue weighted by Gasteiger charge is 2.26. The van der Waals surface area contributed by atoms with E-state index in [9.17, 15) is 19.2 Å². The maximum Gasteiger partial charge on any atom is 0.305 e. The van der Waals surface area contributed by atoms with E-state index in [1.54, 1.807) is 0 Å². The minimum Gasteiger partial charge on any atom is -0.469 e. The van der Waals surface area contributed by atoms with Crippen LogP contribution in [0.25, 0.3) is 88.7 Å². The Kier molecular flexibility index (Phi) is 25.6. The van der Waals surface area contributed by atoms with E-state index in [0.717, 1.165) is 234 Å². The Balaban J connectivity index is 0.670. The molecule has 4 aliphatic rings. The van der Waals surface area contributed by atoms with E-state index < -0.39 is 0 Å². The normalized spacial score (nSPS) is 13.1. The number of methoxy groups -OCH3 is 2. The molecule has 100 heavy (non-hydrogen) atoms. The highest BCUT2D eigenvalue weighted by Crippen LogP contribution is 2.41. The summed E-state index contributed by atoms with van der Waals surface area (Å²) in [6.07, 6.45) is 15.3. The zero-order chi connectivity index (χ0) is 71.3. The van der Waals surface area contributed by atoms with Gasteiger partial charge in [-0.1, -0.05) is 75.0 Å². The van der Waals surface area contributed by atoms with Gasteiger partial charge in [-0.05, 0) is 270 Å². The molecule has 10 heterocycles. The lowest BCUT2D eigenvalue weighted by atomic mass is 9.98. The number of nitrogens with zero attached hydrogens (tertiary/aromatic N) is 4. The summed E-state index contributed by atoms with van der Waals surface area (Å²) in [5.74, 6) is 1.78. The fourth-order valence-corrected chi connectivity index (χ4v) is 17.0. The number of carbonyl (C=O) groups excluding carboxylic acids is 4. The monoisotopic (exact) mass is 1390 g/mol. The number of hydrogen-bond donors (Lipinski definition) is 6. The zero-order valence-electron chi connectivity index (χ0n) is 61.6. The molecule has 6 aromatic heterocycles. The predicted octanol–water partition coefficient (Wildman–Crippen LogP) is 19.1. The number of amides is 2. The van der Waals surface area contributed by atoms with E-state index in [1.165, 1.54) is 47.6 Å². The average Bonchev–Trinajstić information content (AvgIpc) is 1.63. The topological polar surface area (TPSA) is 226 Å². The molecule has 0 aromatic carbocycles. The molecular formula is C82H104N10O6S2. The fourth-order valence-electron chi connectivity index (χ4n) is 14.7. The summed E-state index contributed by atoms with van der Waals surface area (Å²) in [6.45, 7) is 27.1. The van der Waals surface area contributed by atoms with Crippen molar-refractivity contribution in [1.82, 2.24) is 50.5 Å². The van der Waals surface area contributed by atoms with Crippen LogP contribution < -0.4 is 10.6 Å². The van der Waals surface area contributed by atoms with Crippen molar-refractivity contribution < 1.29 is 28.7 Å². The van der Waals surface area contributed by atoms with E-state index in [-0.39, 0.29) is 36.6 Å².